The van der Waals surface area contributed by atoms with Gasteiger partial charge in [-0.25, -0.2) is 9.97 Å². The van der Waals surface area contributed by atoms with E-state index in [4.69, 9.17) is 4.74 Å². The molecule has 0 fully saturated rings. The third-order valence-electron chi connectivity index (χ3n) is 2.38. The molecule has 2 aromatic heterocycles. The molecule has 0 aromatic carbocycles. The fraction of sp³-hybridized carbons (Fsp3) is 0.364. The number of nitrogens with zero attached hydrogens (tertiary/aromatic N) is 3. The van der Waals surface area contributed by atoms with Crippen LogP contribution in [0.5, 0.6) is 5.88 Å². The smallest absolute Gasteiger partial charge is 0.252 e. The van der Waals surface area contributed by atoms with Crippen LogP contribution < -0.4 is 10.3 Å². The van der Waals surface area contributed by atoms with E-state index < -0.39 is 0 Å². The molecule has 5 heteroatoms. The van der Waals surface area contributed by atoms with E-state index in [1.165, 1.54) is 12.4 Å². The highest BCUT2D eigenvalue weighted by atomic mass is 16.5. The molecule has 2 rings (SSSR count). The zero-order chi connectivity index (χ0) is 11.5. The lowest BCUT2D eigenvalue weighted by molar-refractivity contribution is 0.402. The van der Waals surface area contributed by atoms with Gasteiger partial charge in [-0.3, -0.25) is 9.36 Å². The second kappa shape index (κ2) is 4.30. The van der Waals surface area contributed by atoms with Crippen LogP contribution >= 0.6 is 0 Å². The summed E-state index contributed by atoms with van der Waals surface area (Å²) in [4.78, 5) is 19.8. The normalized spacial score (nSPS) is 10.6. The molecular formula is C11H13N3O2. The molecule has 0 spiro atoms. The molecule has 0 radical (unpaired) electrons. The Morgan fingerprint density at radius 1 is 1.38 bits per heavy atom. The van der Waals surface area contributed by atoms with Crippen molar-refractivity contribution >= 4 is 11.0 Å². The van der Waals surface area contributed by atoms with Gasteiger partial charge in [0.2, 0.25) is 5.88 Å². The predicted octanol–water partition coefficient (Wildman–Crippen LogP) is 1.21. The molecule has 84 valence electrons. The molecule has 0 aliphatic rings. The number of ether oxygens (including phenoxy) is 1. The largest absolute Gasteiger partial charge is 0.480 e. The van der Waals surface area contributed by atoms with E-state index in [9.17, 15) is 4.79 Å². The molecule has 0 aliphatic heterocycles. The third kappa shape index (κ3) is 1.64. The number of hydrogen-bond acceptors (Lipinski definition) is 4. The van der Waals surface area contributed by atoms with E-state index >= 15 is 0 Å². The summed E-state index contributed by atoms with van der Waals surface area (Å²) in [5.74, 6) is 0.495. The lowest BCUT2D eigenvalue weighted by Crippen LogP contribution is -2.20. The number of fused-ring (bicyclic) bond motifs is 1. The minimum atomic E-state index is -0.0462. The lowest BCUT2D eigenvalue weighted by Gasteiger charge is -2.08. The number of rotatable bonds is 3. The van der Waals surface area contributed by atoms with Crippen LogP contribution in [0.1, 0.15) is 13.3 Å². The van der Waals surface area contributed by atoms with Crippen molar-refractivity contribution in [1.29, 1.82) is 0 Å². The van der Waals surface area contributed by atoms with Gasteiger partial charge in [-0.05, 0) is 12.5 Å². The molecule has 0 aliphatic carbocycles. The van der Waals surface area contributed by atoms with Crippen molar-refractivity contribution in [3.63, 3.8) is 0 Å². The summed E-state index contributed by atoms with van der Waals surface area (Å²) >= 11 is 0. The molecule has 0 atom stereocenters. The van der Waals surface area contributed by atoms with Gasteiger partial charge in [-0.1, -0.05) is 6.92 Å². The van der Waals surface area contributed by atoms with E-state index in [-0.39, 0.29) is 5.56 Å². The van der Waals surface area contributed by atoms with E-state index in [1.54, 1.807) is 17.7 Å². The molecule has 0 saturated heterocycles. The van der Waals surface area contributed by atoms with Crippen molar-refractivity contribution in [2.45, 2.75) is 19.9 Å². The van der Waals surface area contributed by atoms with Crippen LogP contribution in [-0.2, 0) is 6.54 Å². The first-order valence-corrected chi connectivity index (χ1v) is 5.16. The van der Waals surface area contributed by atoms with Crippen LogP contribution in [0.3, 0.4) is 0 Å². The predicted molar refractivity (Wildman–Crippen MR) is 60.6 cm³/mol. The van der Waals surface area contributed by atoms with Crippen molar-refractivity contribution in [3.8, 4) is 5.88 Å². The van der Waals surface area contributed by atoms with Crippen LogP contribution in [0.2, 0.25) is 0 Å². The maximum absolute atomic E-state index is 11.7. The summed E-state index contributed by atoms with van der Waals surface area (Å²) < 4.78 is 6.77. The number of aromatic nitrogens is 3. The van der Waals surface area contributed by atoms with Gasteiger partial charge in [-0.15, -0.1) is 0 Å². The molecule has 0 unspecified atom stereocenters. The Morgan fingerprint density at radius 2 is 2.19 bits per heavy atom. The molecular weight excluding hydrogens is 206 g/mol. The first-order chi connectivity index (χ1) is 7.77. The first kappa shape index (κ1) is 10.6. The van der Waals surface area contributed by atoms with Crippen LogP contribution in [0, 0.1) is 0 Å². The average molecular weight is 219 g/mol. The Labute approximate surface area is 92.7 Å². The van der Waals surface area contributed by atoms with Crippen molar-refractivity contribution in [2.75, 3.05) is 7.11 Å². The van der Waals surface area contributed by atoms with E-state index in [0.717, 1.165) is 11.8 Å². The number of methoxy groups -OCH3 is 1. The molecule has 2 aromatic rings. The van der Waals surface area contributed by atoms with Gasteiger partial charge in [-0.2, -0.15) is 0 Å². The Bertz CT molecular complexity index is 563. The van der Waals surface area contributed by atoms with Gasteiger partial charge < -0.3 is 4.74 Å². The van der Waals surface area contributed by atoms with Gasteiger partial charge in [0.15, 0.2) is 0 Å². The standard InChI is InChI=1S/C11H13N3O2/c1-3-6-14-9(15)5-4-8-10(14)12-7-13-11(8)16-2/h4-5,7H,3,6H2,1-2H3. The fourth-order valence-corrected chi connectivity index (χ4v) is 1.68. The summed E-state index contributed by atoms with van der Waals surface area (Å²) in [5, 5.41) is 0.762. The topological polar surface area (TPSA) is 57.0 Å². The molecule has 0 bridgehead atoms. The summed E-state index contributed by atoms with van der Waals surface area (Å²) in [6, 6.07) is 3.21. The number of pyridine rings is 1. The zero-order valence-electron chi connectivity index (χ0n) is 9.30. The van der Waals surface area contributed by atoms with Crippen molar-refractivity contribution < 1.29 is 4.74 Å². The van der Waals surface area contributed by atoms with Crippen molar-refractivity contribution in [2.24, 2.45) is 0 Å². The SMILES string of the molecule is CCCn1c(=O)ccc2c(OC)ncnc21. The summed E-state index contributed by atoms with van der Waals surface area (Å²) in [6.45, 7) is 2.67. The quantitative estimate of drug-likeness (QED) is 0.778. The number of aryl methyl sites for hydroxylation is 1. The Kier molecular flexibility index (Phi) is 2.85. The molecule has 16 heavy (non-hydrogen) atoms. The minimum Gasteiger partial charge on any atom is -0.480 e. The molecule has 0 saturated carbocycles. The summed E-state index contributed by atoms with van der Waals surface area (Å²) in [7, 11) is 1.55. The molecule has 0 amide bonds. The van der Waals surface area contributed by atoms with Crippen LogP contribution in [0.15, 0.2) is 23.3 Å². The van der Waals surface area contributed by atoms with Crippen LogP contribution in [0.25, 0.3) is 11.0 Å². The fourth-order valence-electron chi connectivity index (χ4n) is 1.68. The highest BCUT2D eigenvalue weighted by molar-refractivity contribution is 5.80. The Hall–Kier alpha value is -1.91. The van der Waals surface area contributed by atoms with Gasteiger partial charge in [0, 0.05) is 12.6 Å². The maximum Gasteiger partial charge on any atom is 0.252 e. The summed E-state index contributed by atoms with van der Waals surface area (Å²) in [5.41, 5.74) is 0.580. The first-order valence-electron chi connectivity index (χ1n) is 5.16. The van der Waals surface area contributed by atoms with Crippen molar-refractivity contribution in [3.05, 3.63) is 28.8 Å². The third-order valence-corrected chi connectivity index (χ3v) is 2.38. The van der Waals surface area contributed by atoms with Crippen LogP contribution in [0.4, 0.5) is 0 Å². The van der Waals surface area contributed by atoms with Crippen molar-refractivity contribution in [1.82, 2.24) is 14.5 Å². The van der Waals surface area contributed by atoms with Gasteiger partial charge >= 0.3 is 0 Å². The Morgan fingerprint density at radius 3 is 2.88 bits per heavy atom. The summed E-state index contributed by atoms with van der Waals surface area (Å²) in [6.07, 6.45) is 2.29. The molecule has 0 N–H and O–H groups in total. The number of hydrogen-bond donors (Lipinski definition) is 0. The highest BCUT2D eigenvalue weighted by Crippen LogP contribution is 2.18. The van der Waals surface area contributed by atoms with E-state index in [0.29, 0.717) is 18.1 Å². The zero-order valence-corrected chi connectivity index (χ0v) is 9.30. The second-order valence-electron chi connectivity index (χ2n) is 3.44. The lowest BCUT2D eigenvalue weighted by atomic mass is 10.3. The van der Waals surface area contributed by atoms with E-state index in [1.807, 2.05) is 6.92 Å². The molecule has 5 nitrogen and oxygen atoms in total. The van der Waals surface area contributed by atoms with Gasteiger partial charge in [0.05, 0.1) is 12.5 Å². The highest BCUT2D eigenvalue weighted by Gasteiger charge is 2.08. The monoisotopic (exact) mass is 219 g/mol. The Balaban J connectivity index is 2.78. The van der Waals surface area contributed by atoms with Crippen LogP contribution in [-0.4, -0.2) is 21.6 Å². The minimum absolute atomic E-state index is 0.0462. The maximum atomic E-state index is 11.7. The van der Waals surface area contributed by atoms with Gasteiger partial charge in [0.25, 0.3) is 5.56 Å². The molecule has 2 heterocycles. The van der Waals surface area contributed by atoms with E-state index in [2.05, 4.69) is 9.97 Å². The second-order valence-corrected chi connectivity index (χ2v) is 3.44. The average Bonchev–Trinajstić information content (AvgIpc) is 2.32. The van der Waals surface area contributed by atoms with Gasteiger partial charge in [0.1, 0.15) is 12.0 Å².